The van der Waals surface area contributed by atoms with E-state index in [2.05, 4.69) is 22.3 Å². The van der Waals surface area contributed by atoms with Crippen molar-refractivity contribution in [2.75, 3.05) is 16.1 Å². The van der Waals surface area contributed by atoms with Gasteiger partial charge in [0.1, 0.15) is 5.41 Å². The van der Waals surface area contributed by atoms with Crippen LogP contribution in [0, 0.1) is 17.3 Å². The van der Waals surface area contributed by atoms with Crippen molar-refractivity contribution in [3.05, 3.63) is 57.6 Å². The molecule has 8 nitrogen and oxygen atoms in total. The molecule has 182 valence electrons. The number of hydrogen-bond acceptors (Lipinski definition) is 6. The van der Waals surface area contributed by atoms with Crippen molar-refractivity contribution in [3.63, 3.8) is 0 Å². The van der Waals surface area contributed by atoms with Crippen molar-refractivity contribution >= 4 is 63.4 Å². The average molecular weight is 532 g/mol. The van der Waals surface area contributed by atoms with Crippen LogP contribution in [-0.4, -0.2) is 27.9 Å². The Labute approximate surface area is 217 Å². The third-order valence-corrected chi connectivity index (χ3v) is 7.36. The van der Waals surface area contributed by atoms with Gasteiger partial charge in [0.25, 0.3) is 0 Å². The summed E-state index contributed by atoms with van der Waals surface area (Å²) in [4.78, 5) is 23.7. The van der Waals surface area contributed by atoms with Crippen LogP contribution in [0.15, 0.2) is 41.5 Å². The van der Waals surface area contributed by atoms with Gasteiger partial charge in [-0.15, -0.1) is 0 Å². The van der Waals surface area contributed by atoms with Crippen LogP contribution in [-0.2, 0) is 9.59 Å². The van der Waals surface area contributed by atoms with Crippen molar-refractivity contribution in [1.29, 1.82) is 0 Å². The molecule has 11 heteroatoms. The normalized spacial score (nSPS) is 16.1. The number of amidine groups is 1. The summed E-state index contributed by atoms with van der Waals surface area (Å²) in [5.41, 5.74) is 1.73. The Bertz CT molecular complexity index is 1270. The van der Waals surface area contributed by atoms with E-state index in [1.165, 1.54) is 10.6 Å². The summed E-state index contributed by atoms with van der Waals surface area (Å²) in [6.45, 7) is 0. The molecule has 0 aliphatic heterocycles. The molecule has 1 amide bonds. The Kier molecular flexibility index (Phi) is 7.47. The number of carbonyl (C=O) groups is 2. The smallest absolute Gasteiger partial charge is 0.321 e. The zero-order chi connectivity index (χ0) is 25.2. The number of aliphatic carboxylic acids is 1. The van der Waals surface area contributed by atoms with Gasteiger partial charge in [0.05, 0.1) is 27.2 Å². The van der Waals surface area contributed by atoms with Crippen molar-refractivity contribution < 1.29 is 14.7 Å². The number of thioether (sulfide) groups is 1. The number of carboxylic acids is 1. The molecule has 2 aliphatic carbocycles. The first-order valence-corrected chi connectivity index (χ1v) is 12.6. The number of hydrazine groups is 1. The SMILES string of the molecule is N/N=C(/SCC(=O)Nc1ccc(C#CC2(C(=O)O)CC2)cc1Cl)N(N)c1ccc(C2CC2)cc1Cl. The zero-order valence-corrected chi connectivity index (χ0v) is 20.9. The van der Waals surface area contributed by atoms with Crippen LogP contribution in [0.5, 0.6) is 0 Å². The van der Waals surface area contributed by atoms with Crippen LogP contribution in [0.3, 0.4) is 0 Å². The van der Waals surface area contributed by atoms with Gasteiger partial charge in [0.2, 0.25) is 11.1 Å². The number of carbonyl (C=O) groups excluding carboxylic acids is 1. The summed E-state index contributed by atoms with van der Waals surface area (Å²) < 4.78 is 0. The topological polar surface area (TPSA) is 134 Å². The lowest BCUT2D eigenvalue weighted by atomic mass is 10.1. The minimum absolute atomic E-state index is 0.0273. The number of nitrogens with one attached hydrogen (secondary N) is 1. The predicted molar refractivity (Wildman–Crippen MR) is 140 cm³/mol. The van der Waals surface area contributed by atoms with Gasteiger partial charge in [-0.05, 0) is 67.5 Å². The van der Waals surface area contributed by atoms with Crippen molar-refractivity contribution in [2.45, 2.75) is 31.6 Å². The fraction of sp³-hybridized carbons (Fsp3) is 0.292. The summed E-state index contributed by atoms with van der Waals surface area (Å²) in [6, 6.07) is 10.5. The lowest BCUT2D eigenvalue weighted by Crippen LogP contribution is -2.37. The third kappa shape index (κ3) is 6.03. The highest BCUT2D eigenvalue weighted by molar-refractivity contribution is 8.14. The second-order valence-electron chi connectivity index (χ2n) is 8.44. The Morgan fingerprint density at radius 2 is 1.94 bits per heavy atom. The molecule has 2 aliphatic rings. The van der Waals surface area contributed by atoms with E-state index in [9.17, 15) is 14.7 Å². The Balaban J connectivity index is 1.34. The van der Waals surface area contributed by atoms with Crippen LogP contribution < -0.4 is 22.0 Å². The van der Waals surface area contributed by atoms with Crippen LogP contribution >= 0.6 is 35.0 Å². The molecule has 2 fully saturated rings. The first-order chi connectivity index (χ1) is 16.7. The molecule has 0 unspecified atom stereocenters. The summed E-state index contributed by atoms with van der Waals surface area (Å²) in [6.07, 6.45) is 3.41. The molecule has 2 aromatic carbocycles. The van der Waals surface area contributed by atoms with E-state index < -0.39 is 11.4 Å². The lowest BCUT2D eigenvalue weighted by molar-refractivity contribution is -0.141. The molecule has 35 heavy (non-hydrogen) atoms. The van der Waals surface area contributed by atoms with Crippen molar-refractivity contribution in [3.8, 4) is 11.8 Å². The van der Waals surface area contributed by atoms with Crippen LogP contribution in [0.25, 0.3) is 0 Å². The van der Waals surface area contributed by atoms with Gasteiger partial charge in [-0.1, -0.05) is 52.9 Å². The number of hydrazone groups is 1. The van der Waals surface area contributed by atoms with E-state index in [0.29, 0.717) is 40.7 Å². The van der Waals surface area contributed by atoms with Crippen LogP contribution in [0.1, 0.15) is 42.7 Å². The van der Waals surface area contributed by atoms with Gasteiger partial charge >= 0.3 is 5.97 Å². The summed E-state index contributed by atoms with van der Waals surface area (Å²) in [7, 11) is 0. The number of nitrogens with zero attached hydrogens (tertiary/aromatic N) is 2. The first-order valence-electron chi connectivity index (χ1n) is 10.8. The van der Waals surface area contributed by atoms with Crippen molar-refractivity contribution in [1.82, 2.24) is 0 Å². The largest absolute Gasteiger partial charge is 0.480 e. The maximum Gasteiger partial charge on any atom is 0.321 e. The quantitative estimate of drug-likeness (QED) is 0.143. The van der Waals surface area contributed by atoms with Crippen LogP contribution in [0.2, 0.25) is 10.0 Å². The molecule has 2 saturated carbocycles. The molecule has 0 heterocycles. The van der Waals surface area contributed by atoms with Gasteiger partial charge in [-0.25, -0.2) is 5.84 Å². The van der Waals surface area contributed by atoms with Gasteiger partial charge < -0.3 is 16.3 Å². The summed E-state index contributed by atoms with van der Waals surface area (Å²) >= 11 is 13.7. The van der Waals surface area contributed by atoms with E-state index in [0.717, 1.165) is 24.6 Å². The van der Waals surface area contributed by atoms with E-state index >= 15 is 0 Å². The van der Waals surface area contributed by atoms with Gasteiger partial charge in [-0.2, -0.15) is 5.10 Å². The number of halogens is 2. The highest BCUT2D eigenvalue weighted by Crippen LogP contribution is 2.45. The molecule has 2 aromatic rings. The van der Waals surface area contributed by atoms with E-state index in [-0.39, 0.29) is 21.9 Å². The van der Waals surface area contributed by atoms with Gasteiger partial charge in [0, 0.05) is 5.56 Å². The molecular formula is C24H23Cl2N5O3S. The number of anilines is 2. The molecule has 4 rings (SSSR count). The first kappa shape index (κ1) is 25.2. The summed E-state index contributed by atoms with van der Waals surface area (Å²) in [5.74, 6) is 16.6. The standard InChI is InChI=1S/C24H23Cl2N5O3S/c25-17-11-14(7-8-24(9-10-24)22(33)34)1-5-19(17)29-21(32)13-35-23(30-27)31(28)20-6-4-16(12-18(20)26)15-2-3-15/h1,4-6,11-12,15H,2-3,9-10,13,27-28H2,(H,29,32)(H,33,34)/b30-23+. The Morgan fingerprint density at radius 3 is 2.51 bits per heavy atom. The monoisotopic (exact) mass is 531 g/mol. The number of carboxylic acid groups (broad SMARTS) is 1. The number of rotatable bonds is 6. The maximum atomic E-state index is 12.5. The average Bonchev–Trinajstić information content (AvgIpc) is 3.74. The van der Waals surface area contributed by atoms with Gasteiger partial charge in [0.15, 0.2) is 0 Å². The van der Waals surface area contributed by atoms with Crippen LogP contribution in [0.4, 0.5) is 11.4 Å². The third-order valence-electron chi connectivity index (χ3n) is 5.78. The molecular weight excluding hydrogens is 509 g/mol. The molecule has 0 spiro atoms. The molecule has 0 atom stereocenters. The maximum absolute atomic E-state index is 12.5. The fourth-order valence-corrected chi connectivity index (χ4v) is 4.53. The number of hydrogen-bond donors (Lipinski definition) is 4. The predicted octanol–water partition coefficient (Wildman–Crippen LogP) is 4.37. The Hall–Kier alpha value is -2.90. The molecule has 0 aromatic heterocycles. The minimum atomic E-state index is -0.945. The number of benzene rings is 2. The number of amides is 1. The molecule has 6 N–H and O–H groups in total. The van der Waals surface area contributed by atoms with Gasteiger partial charge in [-0.3, -0.25) is 14.6 Å². The lowest BCUT2D eigenvalue weighted by Gasteiger charge is -2.21. The Morgan fingerprint density at radius 1 is 1.20 bits per heavy atom. The number of nitrogens with two attached hydrogens (primary N) is 2. The van der Waals surface area contributed by atoms with E-state index in [1.807, 2.05) is 18.2 Å². The highest BCUT2D eigenvalue weighted by Gasteiger charge is 2.49. The second kappa shape index (κ2) is 10.4. The second-order valence-corrected chi connectivity index (χ2v) is 10.2. The molecule has 0 bridgehead atoms. The molecule has 0 saturated heterocycles. The highest BCUT2D eigenvalue weighted by atomic mass is 35.5. The minimum Gasteiger partial charge on any atom is -0.480 e. The van der Waals surface area contributed by atoms with E-state index in [1.54, 1.807) is 18.2 Å². The van der Waals surface area contributed by atoms with E-state index in [4.69, 9.17) is 34.9 Å². The molecule has 0 radical (unpaired) electrons. The zero-order valence-electron chi connectivity index (χ0n) is 18.6. The fourth-order valence-electron chi connectivity index (χ4n) is 3.38. The summed E-state index contributed by atoms with van der Waals surface area (Å²) in [5, 5.41) is 17.9. The van der Waals surface area contributed by atoms with Crippen molar-refractivity contribution in [2.24, 2.45) is 22.2 Å².